The first-order valence-corrected chi connectivity index (χ1v) is 17.7. The maximum atomic E-state index is 7.01. The van der Waals surface area contributed by atoms with Gasteiger partial charge < -0.3 is 13.6 Å². The first-order chi connectivity index (χ1) is 25.3. The van der Waals surface area contributed by atoms with Gasteiger partial charge in [-0.15, -0.1) is 0 Å². The molecule has 3 heterocycles. The van der Waals surface area contributed by atoms with Crippen LogP contribution < -0.4 is 0 Å². The molecule has 3 aromatic heterocycles. The van der Waals surface area contributed by atoms with Crippen LogP contribution in [0.25, 0.3) is 82.7 Å². The van der Waals surface area contributed by atoms with Gasteiger partial charge in [0.25, 0.3) is 0 Å². The highest BCUT2D eigenvalue weighted by atomic mass is 16.3. The van der Waals surface area contributed by atoms with Gasteiger partial charge in [0.05, 0.1) is 22.1 Å². The Hall–Kier alpha value is -6.58. The molecule has 51 heavy (non-hydrogen) atoms. The van der Waals surface area contributed by atoms with Gasteiger partial charge in [-0.05, 0) is 84.6 Å². The molecule has 0 atom stereocenters. The molecule has 0 amide bonds. The van der Waals surface area contributed by atoms with Crippen molar-refractivity contribution in [1.82, 2.24) is 9.13 Å². The molecule has 3 nitrogen and oxygen atoms in total. The fourth-order valence-corrected chi connectivity index (χ4v) is 8.56. The number of aromatic nitrogens is 2. The number of para-hydroxylation sites is 5. The summed E-state index contributed by atoms with van der Waals surface area (Å²) in [5.41, 5.74) is 14.1. The minimum absolute atomic E-state index is 0.961. The van der Waals surface area contributed by atoms with E-state index in [2.05, 4.69) is 179 Å². The summed E-state index contributed by atoms with van der Waals surface area (Å²) >= 11 is 0. The molecular formula is C48H32N2O. The molecule has 10 aromatic rings. The SMILES string of the molecule is C1=C(c2ccc3c(c2)c2ccccc2n3-c2ccccc2)c2oc3c(-c4ccc5c(c4)c4ccccc4n5-c4ccccc4)cccc3c2CC1. The Bertz CT molecular complexity index is 3010. The molecule has 0 saturated heterocycles. The highest BCUT2D eigenvalue weighted by Crippen LogP contribution is 2.44. The number of benzene rings is 7. The molecular weight excluding hydrogens is 621 g/mol. The second-order valence-electron chi connectivity index (χ2n) is 13.6. The highest BCUT2D eigenvalue weighted by molar-refractivity contribution is 6.12. The van der Waals surface area contributed by atoms with E-state index in [0.29, 0.717) is 0 Å². The Morgan fingerprint density at radius 1 is 0.431 bits per heavy atom. The zero-order valence-corrected chi connectivity index (χ0v) is 27.9. The molecule has 0 N–H and O–H groups in total. The second-order valence-corrected chi connectivity index (χ2v) is 13.6. The third kappa shape index (κ3) is 4.18. The normalized spacial score (nSPS) is 13.1. The molecule has 0 unspecified atom stereocenters. The standard InChI is InChI=1S/C48H32N2O/c1-3-13-33(14-4-1)49-43-23-9-7-17-37(43)41-29-31(25-27-45(41)49)35-19-11-21-39-40-22-12-20-36(48(40)51-47(35)39)32-26-28-46-42(30-32)38-18-8-10-24-44(38)50(46)34-15-5-2-6-16-34/h1-11,13-21,23-30H,12,22H2. The maximum Gasteiger partial charge on any atom is 0.142 e. The van der Waals surface area contributed by atoms with E-state index in [-0.39, 0.29) is 0 Å². The van der Waals surface area contributed by atoms with Gasteiger partial charge in [-0.1, -0.05) is 109 Å². The Morgan fingerprint density at radius 3 is 1.61 bits per heavy atom. The van der Waals surface area contributed by atoms with Gasteiger partial charge in [-0.3, -0.25) is 0 Å². The van der Waals surface area contributed by atoms with E-state index in [0.717, 1.165) is 35.3 Å². The number of aryl methyl sites for hydroxylation is 1. The summed E-state index contributed by atoms with van der Waals surface area (Å²) in [6, 6.07) is 59.1. The van der Waals surface area contributed by atoms with Gasteiger partial charge in [-0.25, -0.2) is 0 Å². The van der Waals surface area contributed by atoms with E-state index in [4.69, 9.17) is 4.42 Å². The number of furan rings is 1. The average molecular weight is 653 g/mol. The molecule has 0 bridgehead atoms. The number of hydrogen-bond acceptors (Lipinski definition) is 1. The minimum Gasteiger partial charge on any atom is -0.455 e. The summed E-state index contributed by atoms with van der Waals surface area (Å²) in [7, 11) is 0. The fraction of sp³-hybridized carbons (Fsp3) is 0.0417. The Balaban J connectivity index is 1.07. The summed E-state index contributed by atoms with van der Waals surface area (Å²) in [5, 5.41) is 6.20. The smallest absolute Gasteiger partial charge is 0.142 e. The van der Waals surface area contributed by atoms with Gasteiger partial charge in [0, 0.05) is 55.0 Å². The third-order valence-corrected chi connectivity index (χ3v) is 10.8. The molecule has 11 rings (SSSR count). The fourth-order valence-electron chi connectivity index (χ4n) is 8.56. The Morgan fingerprint density at radius 2 is 0.961 bits per heavy atom. The average Bonchev–Trinajstić information content (AvgIpc) is 3.86. The van der Waals surface area contributed by atoms with Gasteiger partial charge >= 0.3 is 0 Å². The van der Waals surface area contributed by atoms with Crippen LogP contribution in [0.4, 0.5) is 0 Å². The van der Waals surface area contributed by atoms with E-state index in [1.54, 1.807) is 0 Å². The minimum atomic E-state index is 0.961. The summed E-state index contributed by atoms with van der Waals surface area (Å²) in [5.74, 6) is 0.997. The lowest BCUT2D eigenvalue weighted by Crippen LogP contribution is -1.98. The van der Waals surface area contributed by atoms with Crippen LogP contribution in [0.3, 0.4) is 0 Å². The lowest BCUT2D eigenvalue weighted by atomic mass is 9.90. The lowest BCUT2D eigenvalue weighted by molar-refractivity contribution is 0.592. The quantitative estimate of drug-likeness (QED) is 0.186. The monoisotopic (exact) mass is 652 g/mol. The maximum absolute atomic E-state index is 7.01. The molecule has 1 aliphatic carbocycles. The molecule has 0 fully saturated rings. The van der Waals surface area contributed by atoms with Crippen molar-refractivity contribution in [1.29, 1.82) is 0 Å². The van der Waals surface area contributed by atoms with Crippen molar-refractivity contribution < 1.29 is 4.42 Å². The number of fused-ring (bicyclic) bond motifs is 9. The van der Waals surface area contributed by atoms with E-state index < -0.39 is 0 Å². The van der Waals surface area contributed by atoms with Crippen LogP contribution in [0.1, 0.15) is 23.3 Å². The number of nitrogens with zero attached hydrogens (tertiary/aromatic N) is 2. The van der Waals surface area contributed by atoms with Crippen LogP contribution in [0.2, 0.25) is 0 Å². The van der Waals surface area contributed by atoms with Crippen molar-refractivity contribution in [3.63, 3.8) is 0 Å². The number of rotatable bonds is 4. The van der Waals surface area contributed by atoms with E-state index >= 15 is 0 Å². The van der Waals surface area contributed by atoms with E-state index in [1.165, 1.54) is 77.1 Å². The molecule has 0 spiro atoms. The summed E-state index contributed by atoms with van der Waals surface area (Å²) in [6.45, 7) is 0. The first-order valence-electron chi connectivity index (χ1n) is 17.7. The van der Waals surface area contributed by atoms with Crippen molar-refractivity contribution in [2.75, 3.05) is 0 Å². The summed E-state index contributed by atoms with van der Waals surface area (Å²) in [4.78, 5) is 0. The Labute approximate surface area is 294 Å². The first kappa shape index (κ1) is 28.3. The third-order valence-electron chi connectivity index (χ3n) is 10.8. The van der Waals surface area contributed by atoms with Crippen molar-refractivity contribution >= 4 is 60.2 Å². The van der Waals surface area contributed by atoms with Crippen molar-refractivity contribution in [3.8, 4) is 22.5 Å². The zero-order chi connectivity index (χ0) is 33.5. The predicted octanol–water partition coefficient (Wildman–Crippen LogP) is 12.7. The summed E-state index contributed by atoms with van der Waals surface area (Å²) < 4.78 is 11.8. The molecule has 1 aliphatic rings. The predicted molar refractivity (Wildman–Crippen MR) is 212 cm³/mol. The van der Waals surface area contributed by atoms with Crippen LogP contribution in [0.5, 0.6) is 0 Å². The lowest BCUT2D eigenvalue weighted by Gasteiger charge is -2.14. The van der Waals surface area contributed by atoms with E-state index in [1.807, 2.05) is 0 Å². The zero-order valence-electron chi connectivity index (χ0n) is 27.9. The largest absolute Gasteiger partial charge is 0.455 e. The van der Waals surface area contributed by atoms with Crippen LogP contribution in [0, 0.1) is 0 Å². The molecule has 240 valence electrons. The van der Waals surface area contributed by atoms with Crippen LogP contribution in [0.15, 0.2) is 174 Å². The van der Waals surface area contributed by atoms with Crippen LogP contribution in [-0.2, 0) is 6.42 Å². The van der Waals surface area contributed by atoms with Crippen molar-refractivity contribution in [3.05, 3.63) is 187 Å². The molecule has 7 aromatic carbocycles. The Kier molecular flexibility index (Phi) is 6.08. The van der Waals surface area contributed by atoms with Crippen LogP contribution in [-0.4, -0.2) is 9.13 Å². The van der Waals surface area contributed by atoms with Crippen molar-refractivity contribution in [2.45, 2.75) is 12.8 Å². The topological polar surface area (TPSA) is 23.0 Å². The van der Waals surface area contributed by atoms with Gasteiger partial charge in [0.15, 0.2) is 0 Å². The van der Waals surface area contributed by atoms with Crippen LogP contribution >= 0.6 is 0 Å². The molecule has 3 heteroatoms. The van der Waals surface area contributed by atoms with Gasteiger partial charge in [0.2, 0.25) is 0 Å². The molecule has 0 aliphatic heterocycles. The number of allylic oxidation sites excluding steroid dienone is 1. The van der Waals surface area contributed by atoms with Gasteiger partial charge in [0.1, 0.15) is 11.3 Å². The molecule has 0 saturated carbocycles. The number of hydrogen-bond donors (Lipinski definition) is 0. The van der Waals surface area contributed by atoms with Gasteiger partial charge in [-0.2, -0.15) is 0 Å². The molecule has 0 radical (unpaired) electrons. The second kappa shape index (κ2) is 11.0. The highest BCUT2D eigenvalue weighted by Gasteiger charge is 2.25. The summed E-state index contributed by atoms with van der Waals surface area (Å²) in [6.07, 6.45) is 4.32. The van der Waals surface area contributed by atoms with E-state index in [9.17, 15) is 0 Å². The van der Waals surface area contributed by atoms with Crippen molar-refractivity contribution in [2.24, 2.45) is 0 Å².